The van der Waals surface area contributed by atoms with Crippen molar-refractivity contribution in [3.63, 3.8) is 0 Å². The molecule has 0 fully saturated rings. The van der Waals surface area contributed by atoms with Gasteiger partial charge in [0.15, 0.2) is 12.4 Å². The first kappa shape index (κ1) is 17.4. The van der Waals surface area contributed by atoms with Crippen molar-refractivity contribution in [1.82, 2.24) is 10.6 Å². The van der Waals surface area contributed by atoms with Gasteiger partial charge in [-0.15, -0.1) is 0 Å². The van der Waals surface area contributed by atoms with Gasteiger partial charge in [0.05, 0.1) is 11.5 Å². The Hall–Kier alpha value is -2.68. The van der Waals surface area contributed by atoms with Gasteiger partial charge in [-0.25, -0.2) is 4.79 Å². The van der Waals surface area contributed by atoms with E-state index >= 15 is 0 Å². The standard InChI is InChI=1S/C13H17N3O6/c1-9-3-4-11(10(7-9)16(19)20)22-8-12(17)15-13(18)14-5-6-21-2/h3-4,7H,5-6,8H2,1-2H3,(H2,14,15,17,18). The smallest absolute Gasteiger partial charge is 0.321 e. The fraction of sp³-hybridized carbons (Fsp3) is 0.385. The van der Waals surface area contributed by atoms with E-state index in [9.17, 15) is 19.7 Å². The lowest BCUT2D eigenvalue weighted by Gasteiger charge is -2.08. The molecule has 1 aromatic carbocycles. The lowest BCUT2D eigenvalue weighted by molar-refractivity contribution is -0.385. The Morgan fingerprint density at radius 1 is 1.36 bits per heavy atom. The number of imide groups is 1. The number of methoxy groups -OCH3 is 1. The zero-order valence-corrected chi connectivity index (χ0v) is 12.3. The number of carbonyl (C=O) groups is 2. The Morgan fingerprint density at radius 2 is 2.09 bits per heavy atom. The molecule has 0 saturated heterocycles. The molecule has 9 heteroatoms. The second-order valence-corrected chi connectivity index (χ2v) is 4.31. The average Bonchev–Trinajstić information content (AvgIpc) is 2.46. The van der Waals surface area contributed by atoms with Crippen LogP contribution < -0.4 is 15.4 Å². The van der Waals surface area contributed by atoms with Crippen molar-refractivity contribution in [2.75, 3.05) is 26.9 Å². The maximum absolute atomic E-state index is 11.5. The van der Waals surface area contributed by atoms with E-state index in [1.807, 2.05) is 5.32 Å². The van der Waals surface area contributed by atoms with Crippen molar-refractivity contribution < 1.29 is 24.0 Å². The number of aryl methyl sites for hydroxylation is 1. The number of nitrogens with one attached hydrogen (secondary N) is 2. The molecule has 120 valence electrons. The maximum Gasteiger partial charge on any atom is 0.321 e. The monoisotopic (exact) mass is 311 g/mol. The second-order valence-electron chi connectivity index (χ2n) is 4.31. The quantitative estimate of drug-likeness (QED) is 0.435. The topological polar surface area (TPSA) is 120 Å². The van der Waals surface area contributed by atoms with Crippen molar-refractivity contribution in [2.24, 2.45) is 0 Å². The van der Waals surface area contributed by atoms with Gasteiger partial charge in [0, 0.05) is 19.7 Å². The van der Waals surface area contributed by atoms with Gasteiger partial charge >= 0.3 is 11.7 Å². The number of ether oxygens (including phenoxy) is 2. The van der Waals surface area contributed by atoms with Crippen LogP contribution in [0, 0.1) is 17.0 Å². The van der Waals surface area contributed by atoms with Crippen molar-refractivity contribution >= 4 is 17.6 Å². The third kappa shape index (κ3) is 5.75. The average molecular weight is 311 g/mol. The minimum atomic E-state index is -0.718. The Labute approximate surface area is 126 Å². The minimum absolute atomic E-state index is 0.0365. The highest BCUT2D eigenvalue weighted by molar-refractivity contribution is 5.95. The molecule has 0 spiro atoms. The number of amides is 3. The van der Waals surface area contributed by atoms with Gasteiger partial charge in [0.25, 0.3) is 5.91 Å². The molecule has 0 radical (unpaired) electrons. The first-order valence-electron chi connectivity index (χ1n) is 6.38. The zero-order valence-electron chi connectivity index (χ0n) is 12.3. The van der Waals surface area contributed by atoms with Crippen molar-refractivity contribution in [2.45, 2.75) is 6.92 Å². The number of hydrogen-bond donors (Lipinski definition) is 2. The van der Waals surface area contributed by atoms with Gasteiger partial charge in [-0.3, -0.25) is 20.2 Å². The summed E-state index contributed by atoms with van der Waals surface area (Å²) in [6, 6.07) is 3.67. The third-order valence-electron chi connectivity index (χ3n) is 2.51. The predicted octanol–water partition coefficient (Wildman–Crippen LogP) is 0.754. The fourth-order valence-electron chi connectivity index (χ4n) is 1.51. The molecule has 3 amide bonds. The number of benzene rings is 1. The highest BCUT2D eigenvalue weighted by atomic mass is 16.6. The van der Waals surface area contributed by atoms with Crippen LogP contribution >= 0.6 is 0 Å². The highest BCUT2D eigenvalue weighted by Gasteiger charge is 2.16. The molecule has 1 aromatic rings. The Kier molecular flexibility index (Phi) is 6.77. The fourth-order valence-corrected chi connectivity index (χ4v) is 1.51. The van der Waals surface area contributed by atoms with Gasteiger partial charge in [0.1, 0.15) is 0 Å². The van der Waals surface area contributed by atoms with Crippen LogP contribution in [0.2, 0.25) is 0 Å². The summed E-state index contributed by atoms with van der Waals surface area (Å²) in [4.78, 5) is 33.1. The second kappa shape index (κ2) is 8.57. The largest absolute Gasteiger partial charge is 0.477 e. The van der Waals surface area contributed by atoms with Crippen LogP contribution in [0.1, 0.15) is 5.56 Å². The van der Waals surface area contributed by atoms with E-state index < -0.39 is 23.5 Å². The van der Waals surface area contributed by atoms with Gasteiger partial charge < -0.3 is 14.8 Å². The number of urea groups is 1. The molecule has 2 N–H and O–H groups in total. The van der Waals surface area contributed by atoms with Gasteiger partial charge in [-0.2, -0.15) is 0 Å². The van der Waals surface area contributed by atoms with E-state index in [1.54, 1.807) is 13.0 Å². The van der Waals surface area contributed by atoms with Gasteiger partial charge in [-0.1, -0.05) is 6.07 Å². The summed E-state index contributed by atoms with van der Waals surface area (Å²) < 4.78 is 9.82. The lowest BCUT2D eigenvalue weighted by atomic mass is 10.2. The Bertz CT molecular complexity index is 561. The van der Waals surface area contributed by atoms with Crippen molar-refractivity contribution in [3.05, 3.63) is 33.9 Å². The highest BCUT2D eigenvalue weighted by Crippen LogP contribution is 2.27. The first-order chi connectivity index (χ1) is 10.4. The molecular weight excluding hydrogens is 294 g/mol. The van der Waals surface area contributed by atoms with E-state index in [0.717, 1.165) is 0 Å². The van der Waals surface area contributed by atoms with E-state index in [4.69, 9.17) is 9.47 Å². The molecule has 22 heavy (non-hydrogen) atoms. The number of nitro groups is 1. The summed E-state index contributed by atoms with van der Waals surface area (Å²) in [6.45, 7) is 1.75. The predicted molar refractivity (Wildman–Crippen MR) is 76.7 cm³/mol. The zero-order chi connectivity index (χ0) is 16.5. The molecule has 1 rings (SSSR count). The third-order valence-corrected chi connectivity index (χ3v) is 2.51. The van der Waals surface area contributed by atoms with Crippen molar-refractivity contribution in [3.8, 4) is 5.75 Å². The Balaban J connectivity index is 2.51. The van der Waals surface area contributed by atoms with Crippen molar-refractivity contribution in [1.29, 1.82) is 0 Å². The molecule has 0 aliphatic heterocycles. The number of carbonyl (C=O) groups excluding carboxylic acids is 2. The minimum Gasteiger partial charge on any atom is -0.477 e. The molecule has 0 aliphatic carbocycles. The molecule has 0 atom stereocenters. The van der Waals surface area contributed by atoms with Crippen LogP contribution in [0.25, 0.3) is 0 Å². The molecule has 0 unspecified atom stereocenters. The molecule has 0 aromatic heterocycles. The summed E-state index contributed by atoms with van der Waals surface area (Å²) in [5.41, 5.74) is 0.457. The number of nitrogens with zero attached hydrogens (tertiary/aromatic N) is 1. The van der Waals surface area contributed by atoms with Gasteiger partial charge in [0.2, 0.25) is 0 Å². The normalized spacial score (nSPS) is 9.91. The molecule has 0 heterocycles. The van der Waals surface area contributed by atoms with Crippen LogP contribution in [0.3, 0.4) is 0 Å². The summed E-state index contributed by atoms with van der Waals surface area (Å²) in [7, 11) is 1.48. The number of rotatable bonds is 7. The molecule has 9 nitrogen and oxygen atoms in total. The molecule has 0 saturated carbocycles. The molecular formula is C13H17N3O6. The lowest BCUT2D eigenvalue weighted by Crippen LogP contribution is -2.42. The van der Waals surface area contributed by atoms with E-state index in [2.05, 4.69) is 5.32 Å². The molecule has 0 bridgehead atoms. The first-order valence-corrected chi connectivity index (χ1v) is 6.38. The number of hydrogen-bond acceptors (Lipinski definition) is 6. The SMILES string of the molecule is COCCNC(=O)NC(=O)COc1ccc(C)cc1[N+](=O)[O-]. The van der Waals surface area contributed by atoms with E-state index in [-0.39, 0.29) is 18.0 Å². The summed E-state index contributed by atoms with van der Waals surface area (Å²) in [5.74, 6) is -0.754. The van der Waals surface area contributed by atoms with E-state index in [1.165, 1.54) is 19.2 Å². The summed E-state index contributed by atoms with van der Waals surface area (Å²) in [6.07, 6.45) is 0. The van der Waals surface area contributed by atoms with Crippen LogP contribution in [0.4, 0.5) is 10.5 Å². The van der Waals surface area contributed by atoms with Crippen LogP contribution in [0.15, 0.2) is 18.2 Å². The number of nitro benzene ring substituents is 1. The summed E-state index contributed by atoms with van der Waals surface area (Å²) in [5, 5.41) is 15.3. The Morgan fingerprint density at radius 3 is 2.73 bits per heavy atom. The van der Waals surface area contributed by atoms with Crippen LogP contribution in [-0.2, 0) is 9.53 Å². The van der Waals surface area contributed by atoms with Gasteiger partial charge in [-0.05, 0) is 18.6 Å². The summed E-state index contributed by atoms with van der Waals surface area (Å²) >= 11 is 0. The van der Waals surface area contributed by atoms with Crippen LogP contribution in [0.5, 0.6) is 5.75 Å². The van der Waals surface area contributed by atoms with E-state index in [0.29, 0.717) is 12.2 Å². The van der Waals surface area contributed by atoms with Crippen LogP contribution in [-0.4, -0.2) is 43.7 Å². The molecule has 0 aliphatic rings. The maximum atomic E-state index is 11.5.